The van der Waals surface area contributed by atoms with Gasteiger partial charge in [0.25, 0.3) is 5.69 Å². The van der Waals surface area contributed by atoms with Gasteiger partial charge in [-0.25, -0.2) is 4.98 Å². The zero-order valence-corrected chi connectivity index (χ0v) is 9.16. The highest BCUT2D eigenvalue weighted by molar-refractivity contribution is 5.45. The van der Waals surface area contributed by atoms with E-state index in [1.165, 1.54) is 6.07 Å². The Morgan fingerprint density at radius 2 is 2.12 bits per heavy atom. The molecule has 2 rings (SSSR count). The van der Waals surface area contributed by atoms with Gasteiger partial charge in [-0.05, 0) is 25.1 Å². The monoisotopic (exact) mass is 230 g/mol. The fraction of sp³-hybridized carbons (Fsp3) is 0.0833. The summed E-state index contributed by atoms with van der Waals surface area (Å²) in [5.41, 5.74) is 0.641. The van der Waals surface area contributed by atoms with Crippen LogP contribution in [0.2, 0.25) is 0 Å². The average molecular weight is 230 g/mol. The van der Waals surface area contributed by atoms with Crippen LogP contribution in [0, 0.1) is 17.0 Å². The molecule has 5 nitrogen and oxygen atoms in total. The molecule has 0 unspecified atom stereocenters. The van der Waals surface area contributed by atoms with Crippen LogP contribution in [0.1, 0.15) is 5.56 Å². The van der Waals surface area contributed by atoms with Crippen LogP contribution >= 0.6 is 0 Å². The Morgan fingerprint density at radius 3 is 2.76 bits per heavy atom. The first-order chi connectivity index (χ1) is 8.16. The number of nitrogens with zero attached hydrogens (tertiary/aromatic N) is 2. The van der Waals surface area contributed by atoms with E-state index in [4.69, 9.17) is 4.74 Å². The highest BCUT2D eigenvalue weighted by Crippen LogP contribution is 2.26. The lowest BCUT2D eigenvalue weighted by Crippen LogP contribution is -1.93. The fourth-order valence-corrected chi connectivity index (χ4v) is 1.38. The number of pyridine rings is 1. The second kappa shape index (κ2) is 4.61. The first-order valence-corrected chi connectivity index (χ1v) is 5.01. The van der Waals surface area contributed by atoms with Gasteiger partial charge in [-0.2, -0.15) is 0 Å². The number of nitro groups is 1. The molecule has 86 valence electrons. The van der Waals surface area contributed by atoms with Crippen LogP contribution in [-0.4, -0.2) is 9.91 Å². The number of hydrogen-bond donors (Lipinski definition) is 0. The molecule has 0 amide bonds. The number of hydrogen-bond acceptors (Lipinski definition) is 4. The molecule has 1 aromatic carbocycles. The number of aryl methyl sites for hydroxylation is 1. The molecule has 17 heavy (non-hydrogen) atoms. The summed E-state index contributed by atoms with van der Waals surface area (Å²) in [7, 11) is 0. The van der Waals surface area contributed by atoms with Crippen molar-refractivity contribution >= 4 is 5.69 Å². The van der Waals surface area contributed by atoms with Crippen molar-refractivity contribution in [1.82, 2.24) is 4.98 Å². The van der Waals surface area contributed by atoms with Crippen LogP contribution in [0.3, 0.4) is 0 Å². The third kappa shape index (κ3) is 2.57. The van der Waals surface area contributed by atoms with Crippen LogP contribution in [0.25, 0.3) is 0 Å². The summed E-state index contributed by atoms with van der Waals surface area (Å²) in [4.78, 5) is 14.3. The van der Waals surface area contributed by atoms with Crippen molar-refractivity contribution in [1.29, 1.82) is 0 Å². The van der Waals surface area contributed by atoms with E-state index < -0.39 is 4.92 Å². The predicted molar refractivity (Wildman–Crippen MR) is 62.1 cm³/mol. The molecule has 0 bridgehead atoms. The molecule has 0 N–H and O–H groups in total. The Balaban J connectivity index is 2.29. The van der Waals surface area contributed by atoms with E-state index in [9.17, 15) is 10.1 Å². The lowest BCUT2D eigenvalue weighted by atomic mass is 10.2. The molecule has 0 saturated carbocycles. The van der Waals surface area contributed by atoms with Crippen molar-refractivity contribution in [3.63, 3.8) is 0 Å². The van der Waals surface area contributed by atoms with E-state index in [2.05, 4.69) is 4.98 Å². The highest BCUT2D eigenvalue weighted by Gasteiger charge is 2.12. The Hall–Kier alpha value is -2.43. The van der Waals surface area contributed by atoms with Gasteiger partial charge in [0.2, 0.25) is 5.88 Å². The summed E-state index contributed by atoms with van der Waals surface area (Å²) in [6, 6.07) is 9.96. The van der Waals surface area contributed by atoms with Crippen LogP contribution in [0.4, 0.5) is 5.69 Å². The van der Waals surface area contributed by atoms with Crippen molar-refractivity contribution in [2.24, 2.45) is 0 Å². The summed E-state index contributed by atoms with van der Waals surface area (Å²) in [5.74, 6) is 0.812. The summed E-state index contributed by atoms with van der Waals surface area (Å²) in [5, 5.41) is 10.8. The SMILES string of the molecule is Cc1ccc(Oc2ccccn2)cc1[N+](=O)[O-]. The topological polar surface area (TPSA) is 65.3 Å². The lowest BCUT2D eigenvalue weighted by Gasteiger charge is -2.04. The average Bonchev–Trinajstić information content (AvgIpc) is 2.32. The summed E-state index contributed by atoms with van der Waals surface area (Å²) in [6.07, 6.45) is 1.60. The van der Waals surface area contributed by atoms with E-state index >= 15 is 0 Å². The minimum atomic E-state index is -0.430. The van der Waals surface area contributed by atoms with Gasteiger partial charge < -0.3 is 4.74 Å². The van der Waals surface area contributed by atoms with Gasteiger partial charge in [-0.15, -0.1) is 0 Å². The Kier molecular flexibility index (Phi) is 3.00. The Bertz CT molecular complexity index is 541. The maximum atomic E-state index is 10.8. The number of aromatic nitrogens is 1. The van der Waals surface area contributed by atoms with Crippen molar-refractivity contribution in [3.05, 3.63) is 58.3 Å². The number of ether oxygens (including phenoxy) is 1. The van der Waals surface area contributed by atoms with E-state index in [1.807, 2.05) is 0 Å². The molecule has 0 aliphatic heterocycles. The summed E-state index contributed by atoms with van der Waals surface area (Å²) < 4.78 is 5.41. The standard InChI is InChI=1S/C12H10N2O3/c1-9-5-6-10(8-11(9)14(15)16)17-12-4-2-3-7-13-12/h2-8H,1H3. The van der Waals surface area contributed by atoms with Gasteiger partial charge in [0.1, 0.15) is 5.75 Å². The minimum absolute atomic E-state index is 0.0402. The van der Waals surface area contributed by atoms with E-state index in [0.29, 0.717) is 17.2 Å². The maximum Gasteiger partial charge on any atom is 0.276 e. The second-order valence-electron chi connectivity index (χ2n) is 3.48. The van der Waals surface area contributed by atoms with Crippen LogP contribution in [-0.2, 0) is 0 Å². The number of nitro benzene ring substituents is 1. The summed E-state index contributed by atoms with van der Waals surface area (Å²) >= 11 is 0. The van der Waals surface area contributed by atoms with Crippen LogP contribution < -0.4 is 4.74 Å². The zero-order valence-electron chi connectivity index (χ0n) is 9.16. The van der Waals surface area contributed by atoms with E-state index in [-0.39, 0.29) is 5.69 Å². The van der Waals surface area contributed by atoms with Gasteiger partial charge in [-0.3, -0.25) is 10.1 Å². The van der Waals surface area contributed by atoms with Gasteiger partial charge in [-0.1, -0.05) is 6.07 Å². The molecule has 0 aliphatic carbocycles. The smallest absolute Gasteiger partial charge is 0.276 e. The fourth-order valence-electron chi connectivity index (χ4n) is 1.38. The van der Waals surface area contributed by atoms with Crippen molar-refractivity contribution in [2.75, 3.05) is 0 Å². The molecular weight excluding hydrogens is 220 g/mol. The molecule has 0 spiro atoms. The van der Waals surface area contributed by atoms with Gasteiger partial charge in [0.15, 0.2) is 0 Å². The molecule has 1 aromatic heterocycles. The molecule has 1 heterocycles. The quantitative estimate of drug-likeness (QED) is 0.600. The first-order valence-electron chi connectivity index (χ1n) is 5.01. The third-order valence-corrected chi connectivity index (χ3v) is 2.24. The number of benzene rings is 1. The molecule has 0 atom stereocenters. The molecule has 2 aromatic rings. The largest absolute Gasteiger partial charge is 0.439 e. The molecule has 0 radical (unpaired) electrons. The Morgan fingerprint density at radius 1 is 1.29 bits per heavy atom. The first kappa shape index (κ1) is 11.1. The molecule has 0 fully saturated rings. The minimum Gasteiger partial charge on any atom is -0.439 e. The zero-order chi connectivity index (χ0) is 12.3. The van der Waals surface area contributed by atoms with E-state index in [1.54, 1.807) is 43.5 Å². The molecule has 0 saturated heterocycles. The highest BCUT2D eigenvalue weighted by atomic mass is 16.6. The molecule has 5 heteroatoms. The molecular formula is C12H10N2O3. The molecule has 0 aliphatic rings. The number of rotatable bonds is 3. The van der Waals surface area contributed by atoms with Crippen molar-refractivity contribution in [2.45, 2.75) is 6.92 Å². The predicted octanol–water partition coefficient (Wildman–Crippen LogP) is 3.09. The lowest BCUT2D eigenvalue weighted by molar-refractivity contribution is -0.385. The van der Waals surface area contributed by atoms with Crippen LogP contribution in [0.5, 0.6) is 11.6 Å². The van der Waals surface area contributed by atoms with Gasteiger partial charge in [0.05, 0.1) is 11.0 Å². The van der Waals surface area contributed by atoms with Gasteiger partial charge >= 0.3 is 0 Å². The van der Waals surface area contributed by atoms with Gasteiger partial charge in [0, 0.05) is 17.8 Å². The van der Waals surface area contributed by atoms with E-state index in [0.717, 1.165) is 0 Å². The Labute approximate surface area is 97.8 Å². The second-order valence-corrected chi connectivity index (χ2v) is 3.48. The maximum absolute atomic E-state index is 10.8. The summed E-state index contributed by atoms with van der Waals surface area (Å²) in [6.45, 7) is 1.68. The van der Waals surface area contributed by atoms with Crippen molar-refractivity contribution in [3.8, 4) is 11.6 Å². The normalized spacial score (nSPS) is 9.94. The van der Waals surface area contributed by atoms with Crippen LogP contribution in [0.15, 0.2) is 42.6 Å². The van der Waals surface area contributed by atoms with Crippen molar-refractivity contribution < 1.29 is 9.66 Å². The third-order valence-electron chi connectivity index (χ3n) is 2.24.